The molecule has 0 amide bonds. The van der Waals surface area contributed by atoms with E-state index in [0.29, 0.717) is 5.88 Å². The monoisotopic (exact) mass is 193 g/mol. The van der Waals surface area contributed by atoms with E-state index in [1.807, 2.05) is 24.3 Å². The lowest BCUT2D eigenvalue weighted by atomic mass is 10.1. The molecule has 2 aromatic rings. The predicted octanol–water partition coefficient (Wildman–Crippen LogP) is 2.21. The topological polar surface area (TPSA) is 41.6 Å². The molecule has 13 heavy (non-hydrogen) atoms. The number of H-pyrrole nitrogens is 1. The molecule has 1 N–H and O–H groups in total. The van der Waals surface area contributed by atoms with Crippen LogP contribution in [0.1, 0.15) is 5.56 Å². The van der Waals surface area contributed by atoms with Gasteiger partial charge in [0.2, 0.25) is 0 Å². The highest BCUT2D eigenvalue weighted by molar-refractivity contribution is 6.17. The minimum Gasteiger partial charge on any atom is -0.265 e. The number of aromatic amines is 1. The molecule has 0 spiro atoms. The molecule has 1 aromatic carbocycles. The van der Waals surface area contributed by atoms with Crippen LogP contribution in [0.2, 0.25) is 0 Å². The fraction of sp³-hybridized carbons (Fsp3) is 0.111. The maximum Gasteiger partial charge on any atom is 0.112 e. The maximum atomic E-state index is 5.67. The largest absolute Gasteiger partial charge is 0.265 e. The van der Waals surface area contributed by atoms with Gasteiger partial charge in [-0.05, 0) is 5.56 Å². The Morgan fingerprint density at radius 1 is 1.23 bits per heavy atom. The Morgan fingerprint density at radius 2 is 2.00 bits per heavy atom. The first-order valence-corrected chi connectivity index (χ1v) is 4.45. The second kappa shape index (κ2) is 3.58. The molecular formula is C9H8ClN3. The summed E-state index contributed by atoms with van der Waals surface area (Å²) in [5.74, 6) is 0.541. The summed E-state index contributed by atoms with van der Waals surface area (Å²) in [6.45, 7) is 0. The van der Waals surface area contributed by atoms with Crippen molar-refractivity contribution in [3.63, 3.8) is 0 Å². The number of aromatic nitrogens is 3. The molecule has 2 rings (SSSR count). The Hall–Kier alpha value is -1.35. The van der Waals surface area contributed by atoms with Crippen molar-refractivity contribution in [3.05, 3.63) is 36.0 Å². The van der Waals surface area contributed by atoms with Gasteiger partial charge in [-0.2, -0.15) is 0 Å². The number of hydrogen-bond donors (Lipinski definition) is 1. The van der Waals surface area contributed by atoms with Crippen LogP contribution in [-0.4, -0.2) is 15.4 Å². The van der Waals surface area contributed by atoms with Crippen LogP contribution >= 0.6 is 11.6 Å². The molecule has 0 saturated heterocycles. The molecule has 0 aliphatic heterocycles. The van der Waals surface area contributed by atoms with Gasteiger partial charge in [-0.25, -0.2) is 0 Å². The van der Waals surface area contributed by atoms with Gasteiger partial charge in [-0.3, -0.25) is 5.10 Å². The molecule has 0 fully saturated rings. The molecule has 1 aromatic heterocycles. The van der Waals surface area contributed by atoms with Crippen LogP contribution in [0, 0.1) is 0 Å². The van der Waals surface area contributed by atoms with Crippen LogP contribution in [0.3, 0.4) is 0 Å². The van der Waals surface area contributed by atoms with Gasteiger partial charge in [-0.15, -0.1) is 16.7 Å². The summed E-state index contributed by atoms with van der Waals surface area (Å²) in [6.07, 6.45) is 1.76. The van der Waals surface area contributed by atoms with E-state index in [0.717, 1.165) is 16.8 Å². The normalized spacial score (nSPS) is 10.2. The van der Waals surface area contributed by atoms with Crippen molar-refractivity contribution in [2.75, 3.05) is 0 Å². The Morgan fingerprint density at radius 3 is 2.54 bits per heavy atom. The van der Waals surface area contributed by atoms with E-state index < -0.39 is 0 Å². The Labute approximate surface area is 80.7 Å². The lowest BCUT2D eigenvalue weighted by Crippen LogP contribution is -1.80. The summed E-state index contributed by atoms with van der Waals surface area (Å²) in [5, 5.41) is 10.2. The van der Waals surface area contributed by atoms with E-state index in [-0.39, 0.29) is 0 Å². The first-order valence-electron chi connectivity index (χ1n) is 3.92. The molecule has 0 aliphatic carbocycles. The highest BCUT2D eigenvalue weighted by Gasteiger charge is 1.99. The van der Waals surface area contributed by atoms with Gasteiger partial charge in [0, 0.05) is 17.6 Å². The van der Waals surface area contributed by atoms with Crippen LogP contribution in [0.25, 0.3) is 11.3 Å². The zero-order chi connectivity index (χ0) is 9.10. The van der Waals surface area contributed by atoms with Crippen molar-refractivity contribution in [3.8, 4) is 11.3 Å². The van der Waals surface area contributed by atoms with Gasteiger partial charge in [0.25, 0.3) is 0 Å². The molecule has 0 atom stereocenters. The molecule has 4 heteroatoms. The maximum absolute atomic E-state index is 5.67. The molecule has 0 saturated carbocycles. The summed E-state index contributed by atoms with van der Waals surface area (Å²) in [5.41, 5.74) is 3.00. The minimum absolute atomic E-state index is 0.541. The van der Waals surface area contributed by atoms with Crippen LogP contribution < -0.4 is 0 Å². The molecule has 3 nitrogen and oxygen atoms in total. The quantitative estimate of drug-likeness (QED) is 0.743. The van der Waals surface area contributed by atoms with Gasteiger partial charge in [0.1, 0.15) is 5.69 Å². The third-order valence-electron chi connectivity index (χ3n) is 1.82. The van der Waals surface area contributed by atoms with E-state index in [1.54, 1.807) is 6.20 Å². The third-order valence-corrected chi connectivity index (χ3v) is 2.13. The highest BCUT2D eigenvalue weighted by Crippen LogP contribution is 2.16. The summed E-state index contributed by atoms with van der Waals surface area (Å²) >= 11 is 5.67. The van der Waals surface area contributed by atoms with E-state index in [1.165, 1.54) is 0 Å². The number of nitrogens with one attached hydrogen (secondary N) is 1. The molecule has 1 heterocycles. The lowest BCUT2D eigenvalue weighted by Gasteiger charge is -1.96. The van der Waals surface area contributed by atoms with Gasteiger partial charge >= 0.3 is 0 Å². The first kappa shape index (κ1) is 8.26. The second-order valence-electron chi connectivity index (χ2n) is 2.69. The third kappa shape index (κ3) is 1.70. The number of nitrogens with zero attached hydrogens (tertiary/aromatic N) is 2. The van der Waals surface area contributed by atoms with Crippen LogP contribution in [-0.2, 0) is 5.88 Å². The zero-order valence-electron chi connectivity index (χ0n) is 6.87. The Balaban J connectivity index is 2.33. The fourth-order valence-electron chi connectivity index (χ4n) is 1.11. The van der Waals surface area contributed by atoms with Gasteiger partial charge in [-0.1, -0.05) is 29.5 Å². The molecule has 0 aliphatic rings. The number of benzene rings is 1. The van der Waals surface area contributed by atoms with E-state index in [4.69, 9.17) is 11.6 Å². The summed E-state index contributed by atoms with van der Waals surface area (Å²) in [7, 11) is 0. The first-order chi connectivity index (χ1) is 6.40. The summed E-state index contributed by atoms with van der Waals surface area (Å²) in [6, 6.07) is 7.93. The number of alkyl halides is 1. The minimum atomic E-state index is 0.541. The average Bonchev–Trinajstić information content (AvgIpc) is 2.71. The van der Waals surface area contributed by atoms with Crippen molar-refractivity contribution >= 4 is 11.6 Å². The van der Waals surface area contributed by atoms with Crippen molar-refractivity contribution in [1.29, 1.82) is 0 Å². The molecular weight excluding hydrogens is 186 g/mol. The van der Waals surface area contributed by atoms with E-state index in [2.05, 4.69) is 15.4 Å². The van der Waals surface area contributed by atoms with Crippen molar-refractivity contribution < 1.29 is 0 Å². The van der Waals surface area contributed by atoms with E-state index in [9.17, 15) is 0 Å². The summed E-state index contributed by atoms with van der Waals surface area (Å²) < 4.78 is 0. The number of halogens is 1. The van der Waals surface area contributed by atoms with E-state index >= 15 is 0 Å². The van der Waals surface area contributed by atoms with Gasteiger partial charge < -0.3 is 0 Å². The van der Waals surface area contributed by atoms with Crippen molar-refractivity contribution in [1.82, 2.24) is 15.4 Å². The van der Waals surface area contributed by atoms with Crippen molar-refractivity contribution in [2.45, 2.75) is 5.88 Å². The fourth-order valence-corrected chi connectivity index (χ4v) is 1.29. The predicted molar refractivity (Wildman–Crippen MR) is 51.4 cm³/mol. The van der Waals surface area contributed by atoms with Gasteiger partial charge in [0.15, 0.2) is 0 Å². The number of rotatable bonds is 2. The highest BCUT2D eigenvalue weighted by atomic mass is 35.5. The average molecular weight is 194 g/mol. The molecule has 66 valence electrons. The molecule has 0 bridgehead atoms. The Bertz CT molecular complexity index is 366. The Kier molecular flexibility index (Phi) is 2.27. The molecule has 0 unspecified atom stereocenters. The van der Waals surface area contributed by atoms with Crippen LogP contribution in [0.15, 0.2) is 30.5 Å². The SMILES string of the molecule is ClCc1ccc(-c2c[nH]nn2)cc1. The van der Waals surface area contributed by atoms with Crippen molar-refractivity contribution in [2.24, 2.45) is 0 Å². The molecule has 0 radical (unpaired) electrons. The van der Waals surface area contributed by atoms with Gasteiger partial charge in [0.05, 0.1) is 0 Å². The summed E-state index contributed by atoms with van der Waals surface area (Å²) in [4.78, 5) is 0. The van der Waals surface area contributed by atoms with Crippen LogP contribution in [0.4, 0.5) is 0 Å². The second-order valence-corrected chi connectivity index (χ2v) is 2.96. The van der Waals surface area contributed by atoms with Crippen LogP contribution in [0.5, 0.6) is 0 Å². The lowest BCUT2D eigenvalue weighted by molar-refractivity contribution is 0.942. The number of hydrogen-bond acceptors (Lipinski definition) is 2. The smallest absolute Gasteiger partial charge is 0.112 e. The standard InChI is InChI=1S/C9H8ClN3/c10-5-7-1-3-8(4-2-7)9-6-11-13-12-9/h1-4,6H,5H2,(H,11,12,13). The zero-order valence-corrected chi connectivity index (χ0v) is 7.62.